The van der Waals surface area contributed by atoms with Crippen LogP contribution in [0.2, 0.25) is 10.0 Å². The fraction of sp³-hybridized carbons (Fsp3) is 0.111. The zero-order chi connectivity index (χ0) is 16.9. The number of allylic oxidation sites excluding steroid dienone is 1. The monoisotopic (exact) mass is 375 g/mol. The molecule has 0 spiro atoms. The van der Waals surface area contributed by atoms with Gasteiger partial charge in [-0.1, -0.05) is 71.4 Å². The normalized spacial score (nSPS) is 10.8. The Morgan fingerprint density at radius 1 is 1.08 bits per heavy atom. The van der Waals surface area contributed by atoms with Crippen molar-refractivity contribution in [2.24, 2.45) is 0 Å². The summed E-state index contributed by atoms with van der Waals surface area (Å²) in [6, 6.07) is 15.6. The van der Waals surface area contributed by atoms with Crippen LogP contribution in [0.4, 0.5) is 0 Å². The highest BCUT2D eigenvalue weighted by atomic mass is 35.5. The van der Waals surface area contributed by atoms with E-state index in [4.69, 9.17) is 23.2 Å². The Morgan fingerprint density at radius 2 is 1.88 bits per heavy atom. The van der Waals surface area contributed by atoms with E-state index in [1.54, 1.807) is 23.9 Å². The molecular formula is C18H15Cl2N3S. The lowest BCUT2D eigenvalue weighted by atomic mass is 10.2. The lowest BCUT2D eigenvalue weighted by Crippen LogP contribution is -2.01. The van der Waals surface area contributed by atoms with Crippen molar-refractivity contribution < 1.29 is 0 Å². The molecule has 0 aliphatic rings. The Hall–Kier alpha value is -1.75. The zero-order valence-corrected chi connectivity index (χ0v) is 15.2. The molecule has 2 aromatic carbocycles. The van der Waals surface area contributed by atoms with Crippen LogP contribution in [0.3, 0.4) is 0 Å². The van der Waals surface area contributed by atoms with Gasteiger partial charge in [0, 0.05) is 22.9 Å². The second-order valence-corrected chi connectivity index (χ2v) is 6.89. The standard InChI is InChI=1S/C18H15Cl2N3S/c1-2-10-23-17(15-9-8-14(19)11-16(15)20)21-22-18(23)24-12-13-6-4-3-5-7-13/h2-9,11H,1,10,12H2. The van der Waals surface area contributed by atoms with E-state index in [-0.39, 0.29) is 0 Å². The summed E-state index contributed by atoms with van der Waals surface area (Å²) in [5, 5.41) is 10.6. The van der Waals surface area contributed by atoms with Crippen LogP contribution in [0.5, 0.6) is 0 Å². The third-order valence-corrected chi connectivity index (χ3v) is 5.00. The van der Waals surface area contributed by atoms with Crippen molar-refractivity contribution in [2.75, 3.05) is 0 Å². The Morgan fingerprint density at radius 3 is 2.58 bits per heavy atom. The van der Waals surface area contributed by atoms with Crippen LogP contribution in [0, 0.1) is 0 Å². The van der Waals surface area contributed by atoms with Gasteiger partial charge >= 0.3 is 0 Å². The van der Waals surface area contributed by atoms with Crippen molar-refractivity contribution in [1.82, 2.24) is 14.8 Å². The fourth-order valence-corrected chi connectivity index (χ4v) is 3.68. The highest BCUT2D eigenvalue weighted by molar-refractivity contribution is 7.98. The molecule has 24 heavy (non-hydrogen) atoms. The minimum Gasteiger partial charge on any atom is -0.298 e. The van der Waals surface area contributed by atoms with E-state index >= 15 is 0 Å². The van der Waals surface area contributed by atoms with Gasteiger partial charge in [0.25, 0.3) is 0 Å². The molecule has 0 saturated heterocycles. The van der Waals surface area contributed by atoms with Crippen LogP contribution in [0.15, 0.2) is 66.3 Å². The molecule has 122 valence electrons. The molecule has 3 rings (SSSR count). The Balaban J connectivity index is 1.91. The lowest BCUT2D eigenvalue weighted by Gasteiger charge is -2.09. The highest BCUT2D eigenvalue weighted by Gasteiger charge is 2.16. The van der Waals surface area contributed by atoms with Crippen LogP contribution < -0.4 is 0 Å². The van der Waals surface area contributed by atoms with Crippen LogP contribution >= 0.6 is 35.0 Å². The number of halogens is 2. The Labute approximate surface area is 155 Å². The van der Waals surface area contributed by atoms with Gasteiger partial charge in [0.15, 0.2) is 11.0 Å². The molecule has 3 nitrogen and oxygen atoms in total. The molecule has 0 radical (unpaired) electrons. The van der Waals surface area contributed by atoms with Gasteiger partial charge in [-0.3, -0.25) is 4.57 Å². The van der Waals surface area contributed by atoms with Gasteiger partial charge in [0.2, 0.25) is 0 Å². The van der Waals surface area contributed by atoms with Crippen molar-refractivity contribution >= 4 is 35.0 Å². The van der Waals surface area contributed by atoms with Gasteiger partial charge in [0.05, 0.1) is 5.02 Å². The first-order valence-electron chi connectivity index (χ1n) is 7.35. The van der Waals surface area contributed by atoms with E-state index in [1.807, 2.05) is 34.9 Å². The first-order valence-corrected chi connectivity index (χ1v) is 9.09. The molecule has 0 fully saturated rings. The maximum absolute atomic E-state index is 6.32. The molecule has 0 amide bonds. The minimum atomic E-state index is 0.555. The molecule has 0 unspecified atom stereocenters. The predicted molar refractivity (Wildman–Crippen MR) is 102 cm³/mol. The maximum Gasteiger partial charge on any atom is 0.192 e. The van der Waals surface area contributed by atoms with Gasteiger partial charge in [-0.25, -0.2) is 0 Å². The number of hydrogen-bond acceptors (Lipinski definition) is 3. The quantitative estimate of drug-likeness (QED) is 0.407. The number of nitrogens with zero attached hydrogens (tertiary/aromatic N) is 3. The molecule has 0 atom stereocenters. The first-order chi connectivity index (χ1) is 11.7. The number of benzene rings is 2. The largest absolute Gasteiger partial charge is 0.298 e. The minimum absolute atomic E-state index is 0.555. The third kappa shape index (κ3) is 3.83. The summed E-state index contributed by atoms with van der Waals surface area (Å²) in [7, 11) is 0. The molecule has 1 heterocycles. The summed E-state index contributed by atoms with van der Waals surface area (Å²) < 4.78 is 2.01. The lowest BCUT2D eigenvalue weighted by molar-refractivity contribution is 0.731. The summed E-state index contributed by atoms with van der Waals surface area (Å²) in [4.78, 5) is 0. The number of rotatable bonds is 6. The van der Waals surface area contributed by atoms with Gasteiger partial charge in [-0.05, 0) is 23.8 Å². The summed E-state index contributed by atoms with van der Waals surface area (Å²) >= 11 is 13.9. The summed E-state index contributed by atoms with van der Waals surface area (Å²) in [5.74, 6) is 1.54. The molecule has 6 heteroatoms. The van der Waals surface area contributed by atoms with Crippen LogP contribution in [-0.4, -0.2) is 14.8 Å². The first kappa shape index (κ1) is 17.1. The van der Waals surface area contributed by atoms with Gasteiger partial charge in [-0.2, -0.15) is 0 Å². The molecule has 3 aromatic rings. The molecule has 0 aliphatic carbocycles. The molecule has 0 aliphatic heterocycles. The molecule has 1 aromatic heterocycles. The second kappa shape index (κ2) is 7.88. The second-order valence-electron chi connectivity index (χ2n) is 5.10. The summed E-state index contributed by atoms with van der Waals surface area (Å²) in [5.41, 5.74) is 2.05. The van der Waals surface area contributed by atoms with Crippen molar-refractivity contribution in [1.29, 1.82) is 0 Å². The zero-order valence-electron chi connectivity index (χ0n) is 12.8. The molecule has 0 bridgehead atoms. The van der Waals surface area contributed by atoms with E-state index in [9.17, 15) is 0 Å². The van der Waals surface area contributed by atoms with Gasteiger partial charge < -0.3 is 0 Å². The van der Waals surface area contributed by atoms with Crippen LogP contribution in [0.25, 0.3) is 11.4 Å². The average molecular weight is 376 g/mol. The Kier molecular flexibility index (Phi) is 5.61. The average Bonchev–Trinajstić information content (AvgIpc) is 2.97. The topological polar surface area (TPSA) is 30.7 Å². The van der Waals surface area contributed by atoms with Crippen LogP contribution in [-0.2, 0) is 12.3 Å². The summed E-state index contributed by atoms with van der Waals surface area (Å²) in [6.07, 6.45) is 1.82. The van der Waals surface area contributed by atoms with E-state index in [0.717, 1.165) is 16.5 Å². The van der Waals surface area contributed by atoms with E-state index in [2.05, 4.69) is 28.9 Å². The molecule has 0 N–H and O–H groups in total. The third-order valence-electron chi connectivity index (χ3n) is 3.41. The highest BCUT2D eigenvalue weighted by Crippen LogP contribution is 2.32. The van der Waals surface area contributed by atoms with Gasteiger partial charge in [0.1, 0.15) is 0 Å². The fourth-order valence-electron chi connectivity index (χ4n) is 2.28. The van der Waals surface area contributed by atoms with E-state index < -0.39 is 0 Å². The number of aromatic nitrogens is 3. The van der Waals surface area contributed by atoms with Crippen molar-refractivity contribution in [2.45, 2.75) is 17.5 Å². The maximum atomic E-state index is 6.32. The van der Waals surface area contributed by atoms with Gasteiger partial charge in [-0.15, -0.1) is 16.8 Å². The molecule has 0 saturated carbocycles. The Bertz CT molecular complexity index is 847. The number of thioether (sulfide) groups is 1. The van der Waals surface area contributed by atoms with E-state index in [0.29, 0.717) is 22.4 Å². The predicted octanol–water partition coefficient (Wildman–Crippen LogP) is 5.73. The van der Waals surface area contributed by atoms with Crippen molar-refractivity contribution in [3.8, 4) is 11.4 Å². The smallest absolute Gasteiger partial charge is 0.192 e. The van der Waals surface area contributed by atoms with Crippen LogP contribution in [0.1, 0.15) is 5.56 Å². The SMILES string of the molecule is C=CCn1c(SCc2ccccc2)nnc1-c1ccc(Cl)cc1Cl. The van der Waals surface area contributed by atoms with Crippen molar-refractivity contribution in [3.05, 3.63) is 76.8 Å². The molecular weight excluding hydrogens is 361 g/mol. The summed E-state index contributed by atoms with van der Waals surface area (Å²) in [6.45, 7) is 4.44. The van der Waals surface area contributed by atoms with Crippen molar-refractivity contribution in [3.63, 3.8) is 0 Å². The van der Waals surface area contributed by atoms with E-state index in [1.165, 1.54) is 5.56 Å². The number of hydrogen-bond donors (Lipinski definition) is 0.